The molecule has 0 aromatic rings. The average molecular weight is 520 g/mol. The molecule has 2 aliphatic carbocycles. The van der Waals surface area contributed by atoms with Gasteiger partial charge in [-0.25, -0.2) is 0 Å². The van der Waals surface area contributed by atoms with Gasteiger partial charge in [0.1, 0.15) is 17.6 Å². The highest BCUT2D eigenvalue weighted by Gasteiger charge is 2.39. The highest BCUT2D eigenvalue weighted by atomic mass is 32.2. The molecule has 0 bridgehead atoms. The highest BCUT2D eigenvalue weighted by molar-refractivity contribution is 7.99. The second-order valence-corrected chi connectivity index (χ2v) is 13.9. The number of rotatable bonds is 12. The molecule has 0 aliphatic heterocycles. The van der Waals surface area contributed by atoms with E-state index in [0.29, 0.717) is 18.6 Å². The van der Waals surface area contributed by atoms with Crippen LogP contribution in [-0.2, 0) is 19.1 Å². The van der Waals surface area contributed by atoms with Crippen molar-refractivity contribution in [1.29, 1.82) is 0 Å². The van der Waals surface area contributed by atoms with Crippen LogP contribution in [0.2, 0.25) is 0 Å². The lowest BCUT2D eigenvalue weighted by Gasteiger charge is -2.38. The maximum Gasteiger partial charge on any atom is 0.323 e. The van der Waals surface area contributed by atoms with Gasteiger partial charge in [-0.2, -0.15) is 11.8 Å². The Morgan fingerprint density at radius 2 is 1.42 bits per heavy atom. The zero-order valence-electron chi connectivity index (χ0n) is 24.0. The number of Topliss-reactive ketones (excluding diaryl/α,β-unsaturated/α-hetero) is 2. The Balaban J connectivity index is 1.95. The number of hydrogen-bond acceptors (Lipinski definition) is 6. The Morgan fingerprint density at radius 3 is 1.86 bits per heavy atom. The Labute approximate surface area is 223 Å². The summed E-state index contributed by atoms with van der Waals surface area (Å²) in [6.07, 6.45) is 9.34. The number of ether oxygens (including phenoxy) is 1. The number of allylic oxidation sites excluding steroid dienone is 4. The van der Waals surface area contributed by atoms with Crippen molar-refractivity contribution in [2.45, 2.75) is 111 Å². The number of methoxy groups -OCH3 is 1. The molecular formula is C30H49NO4S. The van der Waals surface area contributed by atoms with Crippen LogP contribution in [0.3, 0.4) is 0 Å². The van der Waals surface area contributed by atoms with Crippen LogP contribution in [-0.4, -0.2) is 47.7 Å². The molecule has 0 saturated carbocycles. The van der Waals surface area contributed by atoms with Crippen molar-refractivity contribution in [2.24, 2.45) is 22.7 Å². The van der Waals surface area contributed by atoms with Crippen LogP contribution < -0.4 is 5.32 Å². The summed E-state index contributed by atoms with van der Waals surface area (Å²) < 4.78 is 5.05. The summed E-state index contributed by atoms with van der Waals surface area (Å²) in [7, 11) is 1.39. The summed E-state index contributed by atoms with van der Waals surface area (Å²) in [5, 5.41) is 3.43. The SMILES string of the molecule is COC(=O)C(CSC(C)CC(=O)C1C(C)=CCCC1(C)C)NC(C)CC(=O)C1C(C)=CCCC1(C)C. The summed E-state index contributed by atoms with van der Waals surface area (Å²) >= 11 is 1.61. The van der Waals surface area contributed by atoms with Crippen molar-refractivity contribution >= 4 is 29.3 Å². The molecule has 2 rings (SSSR count). The minimum atomic E-state index is -0.524. The number of thioether (sulfide) groups is 1. The monoisotopic (exact) mass is 519 g/mol. The Bertz CT molecular complexity index is 872. The second-order valence-electron chi connectivity index (χ2n) is 12.4. The molecule has 36 heavy (non-hydrogen) atoms. The summed E-state index contributed by atoms with van der Waals surface area (Å²) in [5.41, 5.74) is 2.29. The zero-order valence-corrected chi connectivity index (χ0v) is 24.8. The average Bonchev–Trinajstić information content (AvgIpc) is 2.74. The van der Waals surface area contributed by atoms with Crippen molar-refractivity contribution in [3.63, 3.8) is 0 Å². The Hall–Kier alpha value is -1.40. The summed E-state index contributed by atoms with van der Waals surface area (Å²) in [4.78, 5) is 39.0. The Morgan fingerprint density at radius 1 is 0.944 bits per heavy atom. The zero-order chi connectivity index (χ0) is 27.3. The molecule has 5 unspecified atom stereocenters. The van der Waals surface area contributed by atoms with Gasteiger partial charge < -0.3 is 10.1 Å². The standard InChI is InChI=1S/C30H49NO4S/c1-19-12-10-14-29(5,6)26(19)24(32)16-21(3)31-23(28(34)35-9)18-36-22(4)17-25(33)27-20(2)13-11-15-30(27,7)8/h12-13,21-23,26-27,31H,10-11,14-18H2,1-9H3. The first-order valence-corrected chi connectivity index (χ1v) is 14.6. The van der Waals surface area contributed by atoms with Gasteiger partial charge in [-0.1, -0.05) is 57.9 Å². The van der Waals surface area contributed by atoms with Crippen molar-refractivity contribution in [3.8, 4) is 0 Å². The number of carbonyl (C=O) groups is 3. The topological polar surface area (TPSA) is 72.5 Å². The summed E-state index contributed by atoms with van der Waals surface area (Å²) in [6, 6.07) is -0.676. The molecule has 0 spiro atoms. The van der Waals surface area contributed by atoms with E-state index in [0.717, 1.165) is 31.3 Å². The smallest absolute Gasteiger partial charge is 0.323 e. The summed E-state index contributed by atoms with van der Waals surface area (Å²) in [6.45, 7) is 16.9. The maximum atomic E-state index is 13.2. The van der Waals surface area contributed by atoms with Crippen molar-refractivity contribution in [1.82, 2.24) is 5.32 Å². The van der Waals surface area contributed by atoms with Gasteiger partial charge in [-0.05, 0) is 57.3 Å². The molecule has 1 N–H and O–H groups in total. The van der Waals surface area contributed by atoms with E-state index in [2.05, 4.69) is 65.9 Å². The minimum Gasteiger partial charge on any atom is -0.468 e. The largest absolute Gasteiger partial charge is 0.468 e. The van der Waals surface area contributed by atoms with Crippen LogP contribution in [0, 0.1) is 22.7 Å². The molecule has 5 atom stereocenters. The van der Waals surface area contributed by atoms with Crippen LogP contribution in [0.25, 0.3) is 0 Å². The van der Waals surface area contributed by atoms with Crippen molar-refractivity contribution < 1.29 is 19.1 Å². The van der Waals surface area contributed by atoms with E-state index in [1.807, 2.05) is 6.92 Å². The van der Waals surface area contributed by atoms with Crippen LogP contribution in [0.1, 0.15) is 93.9 Å². The molecule has 6 heteroatoms. The van der Waals surface area contributed by atoms with Gasteiger partial charge in [0, 0.05) is 41.7 Å². The lowest BCUT2D eigenvalue weighted by Crippen LogP contribution is -2.46. The number of ketones is 2. The molecule has 204 valence electrons. The van der Waals surface area contributed by atoms with Gasteiger partial charge in [0.15, 0.2) is 0 Å². The number of hydrogen-bond donors (Lipinski definition) is 1. The van der Waals surface area contributed by atoms with Crippen LogP contribution in [0.15, 0.2) is 23.3 Å². The van der Waals surface area contributed by atoms with E-state index in [-0.39, 0.29) is 51.5 Å². The first-order valence-electron chi connectivity index (χ1n) is 13.5. The van der Waals surface area contributed by atoms with E-state index in [1.165, 1.54) is 12.7 Å². The molecule has 0 heterocycles. The molecule has 2 aliphatic rings. The third-order valence-corrected chi connectivity index (χ3v) is 9.40. The number of carbonyl (C=O) groups excluding carboxylic acids is 3. The van der Waals surface area contributed by atoms with Gasteiger partial charge in [0.25, 0.3) is 0 Å². The van der Waals surface area contributed by atoms with E-state index in [1.54, 1.807) is 11.8 Å². The van der Waals surface area contributed by atoms with Crippen LogP contribution in [0.4, 0.5) is 0 Å². The van der Waals surface area contributed by atoms with Crippen molar-refractivity contribution in [3.05, 3.63) is 23.3 Å². The number of esters is 1. The van der Waals surface area contributed by atoms with Gasteiger partial charge in [-0.3, -0.25) is 14.4 Å². The van der Waals surface area contributed by atoms with E-state index in [4.69, 9.17) is 4.74 Å². The normalized spacial score (nSPS) is 25.7. The van der Waals surface area contributed by atoms with E-state index in [9.17, 15) is 14.4 Å². The van der Waals surface area contributed by atoms with Gasteiger partial charge in [0.2, 0.25) is 0 Å². The van der Waals surface area contributed by atoms with E-state index < -0.39 is 6.04 Å². The maximum absolute atomic E-state index is 13.2. The predicted octanol–water partition coefficient (Wildman–Crippen LogP) is 6.31. The summed E-state index contributed by atoms with van der Waals surface area (Å²) in [5.74, 6) is 0.568. The molecular weight excluding hydrogens is 470 g/mol. The lowest BCUT2D eigenvalue weighted by atomic mass is 9.66. The molecule has 0 aromatic heterocycles. The fraction of sp³-hybridized carbons (Fsp3) is 0.767. The van der Waals surface area contributed by atoms with Gasteiger partial charge in [-0.15, -0.1) is 0 Å². The second kappa shape index (κ2) is 12.9. The van der Waals surface area contributed by atoms with Crippen LogP contribution in [0.5, 0.6) is 0 Å². The minimum absolute atomic E-state index is 0.0151. The van der Waals surface area contributed by atoms with E-state index >= 15 is 0 Å². The quantitative estimate of drug-likeness (QED) is 0.241. The van der Waals surface area contributed by atoms with Gasteiger partial charge in [0.05, 0.1) is 7.11 Å². The molecule has 0 aromatic carbocycles. The third-order valence-electron chi connectivity index (χ3n) is 8.14. The van der Waals surface area contributed by atoms with Crippen molar-refractivity contribution in [2.75, 3.05) is 12.9 Å². The first kappa shape index (κ1) is 30.8. The molecule has 0 amide bonds. The van der Waals surface area contributed by atoms with Crippen LogP contribution >= 0.6 is 11.8 Å². The first-order chi connectivity index (χ1) is 16.7. The molecule has 0 radical (unpaired) electrons. The lowest BCUT2D eigenvalue weighted by molar-refractivity contribution is -0.143. The molecule has 5 nitrogen and oxygen atoms in total. The Kier molecular flexibility index (Phi) is 11.0. The molecule has 0 saturated heterocycles. The fourth-order valence-electron chi connectivity index (χ4n) is 6.35. The highest BCUT2D eigenvalue weighted by Crippen LogP contribution is 2.43. The molecule has 0 fully saturated rings. The van der Waals surface area contributed by atoms with Gasteiger partial charge >= 0.3 is 5.97 Å². The predicted molar refractivity (Wildman–Crippen MR) is 150 cm³/mol. The third kappa shape index (κ3) is 8.05. The fourth-order valence-corrected chi connectivity index (χ4v) is 7.38. The number of nitrogens with one attached hydrogen (secondary N) is 1.